The fourth-order valence-corrected chi connectivity index (χ4v) is 2.61. The second-order valence-electron chi connectivity index (χ2n) is 4.75. The van der Waals surface area contributed by atoms with Crippen LogP contribution in [0.15, 0.2) is 28.7 Å². The number of ether oxygens (including phenoxy) is 1. The number of carbonyl (C=O) groups is 1. The van der Waals surface area contributed by atoms with Crippen LogP contribution >= 0.6 is 15.9 Å². The largest absolute Gasteiger partial charge is 0.492 e. The van der Waals surface area contributed by atoms with E-state index in [4.69, 9.17) is 9.84 Å². The van der Waals surface area contributed by atoms with Crippen LogP contribution in [0.25, 0.3) is 6.08 Å². The highest BCUT2D eigenvalue weighted by atomic mass is 79.9. The van der Waals surface area contributed by atoms with Gasteiger partial charge in [0.05, 0.1) is 0 Å². The quantitative estimate of drug-likeness (QED) is 0.809. The summed E-state index contributed by atoms with van der Waals surface area (Å²) in [5.41, 5.74) is 0.767. The number of hydrogen-bond donors (Lipinski definition) is 1. The van der Waals surface area contributed by atoms with Crippen molar-refractivity contribution in [3.63, 3.8) is 0 Å². The summed E-state index contributed by atoms with van der Waals surface area (Å²) in [6.07, 6.45) is 5.21. The summed E-state index contributed by atoms with van der Waals surface area (Å²) in [4.78, 5) is 13.0. The Kier molecular flexibility index (Phi) is 5.61. The molecule has 0 unspecified atom stereocenters. The van der Waals surface area contributed by atoms with Gasteiger partial charge in [-0.2, -0.15) is 0 Å². The standard InChI is InChI=1S/C15H18BrNO3/c16-13-4-5-14(12(11-13)3-6-15(18)19)20-10-9-17-7-1-2-8-17/h3-6,11H,1-2,7-10H2,(H,18,19)/b6-3+. The molecule has 0 spiro atoms. The first-order valence-electron chi connectivity index (χ1n) is 6.71. The predicted octanol–water partition coefficient (Wildman–Crippen LogP) is 3.02. The average molecular weight is 340 g/mol. The van der Waals surface area contributed by atoms with Gasteiger partial charge in [-0.1, -0.05) is 15.9 Å². The van der Waals surface area contributed by atoms with Crippen LogP contribution in [0.2, 0.25) is 0 Å². The molecule has 108 valence electrons. The molecule has 0 bridgehead atoms. The minimum Gasteiger partial charge on any atom is -0.492 e. The first kappa shape index (κ1) is 15.1. The highest BCUT2D eigenvalue weighted by Crippen LogP contribution is 2.24. The third kappa shape index (κ3) is 4.65. The maximum absolute atomic E-state index is 10.6. The molecule has 0 aliphatic carbocycles. The highest BCUT2D eigenvalue weighted by Gasteiger charge is 2.11. The van der Waals surface area contributed by atoms with E-state index < -0.39 is 5.97 Å². The van der Waals surface area contributed by atoms with Gasteiger partial charge in [-0.3, -0.25) is 4.90 Å². The van der Waals surface area contributed by atoms with Crippen molar-refractivity contribution in [3.05, 3.63) is 34.3 Å². The smallest absolute Gasteiger partial charge is 0.328 e. The highest BCUT2D eigenvalue weighted by molar-refractivity contribution is 9.10. The minimum atomic E-state index is -0.965. The van der Waals surface area contributed by atoms with Gasteiger partial charge in [-0.25, -0.2) is 4.79 Å². The number of rotatable bonds is 6. The molecule has 0 radical (unpaired) electrons. The van der Waals surface area contributed by atoms with Gasteiger partial charge in [-0.15, -0.1) is 0 Å². The molecule has 1 aromatic carbocycles. The number of halogens is 1. The van der Waals surface area contributed by atoms with Crippen molar-refractivity contribution in [3.8, 4) is 5.75 Å². The first-order chi connectivity index (χ1) is 9.65. The van der Waals surface area contributed by atoms with E-state index in [-0.39, 0.29) is 0 Å². The van der Waals surface area contributed by atoms with Crippen LogP contribution in [0.3, 0.4) is 0 Å². The summed E-state index contributed by atoms with van der Waals surface area (Å²) >= 11 is 3.38. The fraction of sp³-hybridized carbons (Fsp3) is 0.400. The van der Waals surface area contributed by atoms with E-state index in [0.717, 1.165) is 35.7 Å². The molecular weight excluding hydrogens is 322 g/mol. The number of benzene rings is 1. The number of hydrogen-bond acceptors (Lipinski definition) is 3. The Labute approximate surface area is 127 Å². The molecule has 0 atom stereocenters. The molecule has 0 amide bonds. The van der Waals surface area contributed by atoms with Crippen molar-refractivity contribution in [2.75, 3.05) is 26.2 Å². The normalized spacial score (nSPS) is 15.8. The van der Waals surface area contributed by atoms with E-state index in [2.05, 4.69) is 20.8 Å². The molecule has 1 N–H and O–H groups in total. The number of aliphatic carboxylic acids is 1. The lowest BCUT2D eigenvalue weighted by molar-refractivity contribution is -0.131. The lowest BCUT2D eigenvalue weighted by Gasteiger charge is -2.16. The van der Waals surface area contributed by atoms with Crippen molar-refractivity contribution in [1.82, 2.24) is 4.90 Å². The predicted molar refractivity (Wildman–Crippen MR) is 82.0 cm³/mol. The van der Waals surface area contributed by atoms with Gasteiger partial charge in [0, 0.05) is 22.7 Å². The summed E-state index contributed by atoms with van der Waals surface area (Å²) in [6, 6.07) is 5.60. The summed E-state index contributed by atoms with van der Waals surface area (Å²) in [5, 5.41) is 8.71. The van der Waals surface area contributed by atoms with Crippen LogP contribution in [0.1, 0.15) is 18.4 Å². The second kappa shape index (κ2) is 7.45. The maximum Gasteiger partial charge on any atom is 0.328 e. The van der Waals surface area contributed by atoms with Crippen molar-refractivity contribution < 1.29 is 14.6 Å². The molecular formula is C15H18BrNO3. The van der Waals surface area contributed by atoms with Gasteiger partial charge in [0.2, 0.25) is 0 Å². The van der Waals surface area contributed by atoms with Gasteiger partial charge in [-0.05, 0) is 50.2 Å². The number of likely N-dealkylation sites (tertiary alicyclic amines) is 1. The van der Waals surface area contributed by atoms with Crippen molar-refractivity contribution in [2.24, 2.45) is 0 Å². The van der Waals surface area contributed by atoms with Crippen LogP contribution in [0.5, 0.6) is 5.75 Å². The molecule has 1 saturated heterocycles. The zero-order chi connectivity index (χ0) is 14.4. The lowest BCUT2D eigenvalue weighted by atomic mass is 10.2. The minimum absolute atomic E-state index is 0.621. The van der Waals surface area contributed by atoms with Gasteiger partial charge in [0.25, 0.3) is 0 Å². The Morgan fingerprint density at radius 3 is 2.85 bits per heavy atom. The molecule has 0 saturated carbocycles. The zero-order valence-electron chi connectivity index (χ0n) is 11.2. The average Bonchev–Trinajstić information content (AvgIpc) is 2.91. The van der Waals surface area contributed by atoms with Crippen molar-refractivity contribution >= 4 is 28.0 Å². The lowest BCUT2D eigenvalue weighted by Crippen LogP contribution is -2.25. The van der Waals surface area contributed by atoms with Crippen LogP contribution < -0.4 is 4.74 Å². The maximum atomic E-state index is 10.6. The third-order valence-electron chi connectivity index (χ3n) is 3.24. The summed E-state index contributed by atoms with van der Waals surface area (Å²) < 4.78 is 6.68. The number of carboxylic acid groups (broad SMARTS) is 1. The van der Waals surface area contributed by atoms with Crippen molar-refractivity contribution in [1.29, 1.82) is 0 Å². The molecule has 1 heterocycles. The Morgan fingerprint density at radius 1 is 1.40 bits per heavy atom. The van der Waals surface area contributed by atoms with E-state index >= 15 is 0 Å². The van der Waals surface area contributed by atoms with E-state index in [1.165, 1.54) is 12.8 Å². The second-order valence-corrected chi connectivity index (χ2v) is 5.67. The zero-order valence-corrected chi connectivity index (χ0v) is 12.8. The van der Waals surface area contributed by atoms with Crippen LogP contribution in [-0.2, 0) is 4.79 Å². The SMILES string of the molecule is O=C(O)/C=C/c1cc(Br)ccc1OCCN1CCCC1. The third-order valence-corrected chi connectivity index (χ3v) is 3.73. The molecule has 2 rings (SSSR count). The summed E-state index contributed by atoms with van der Waals surface area (Å²) in [6.45, 7) is 3.83. The van der Waals surface area contributed by atoms with Crippen LogP contribution in [0, 0.1) is 0 Å². The van der Waals surface area contributed by atoms with Gasteiger partial charge < -0.3 is 9.84 Å². The van der Waals surface area contributed by atoms with E-state index in [0.29, 0.717) is 12.4 Å². The Balaban J connectivity index is 1.96. The van der Waals surface area contributed by atoms with Crippen LogP contribution in [-0.4, -0.2) is 42.2 Å². The van der Waals surface area contributed by atoms with Crippen LogP contribution in [0.4, 0.5) is 0 Å². The number of carboxylic acids is 1. The van der Waals surface area contributed by atoms with Gasteiger partial charge >= 0.3 is 5.97 Å². The van der Waals surface area contributed by atoms with Gasteiger partial charge in [0.15, 0.2) is 0 Å². The molecule has 0 aromatic heterocycles. The Hall–Kier alpha value is -1.33. The van der Waals surface area contributed by atoms with E-state index in [9.17, 15) is 4.79 Å². The van der Waals surface area contributed by atoms with E-state index in [1.54, 1.807) is 6.08 Å². The van der Waals surface area contributed by atoms with E-state index in [1.807, 2.05) is 18.2 Å². The summed E-state index contributed by atoms with van der Waals surface area (Å²) in [7, 11) is 0. The summed E-state index contributed by atoms with van der Waals surface area (Å²) in [5.74, 6) is -0.252. The first-order valence-corrected chi connectivity index (χ1v) is 7.50. The molecule has 1 aliphatic rings. The monoisotopic (exact) mass is 339 g/mol. The van der Waals surface area contributed by atoms with Gasteiger partial charge in [0.1, 0.15) is 12.4 Å². The molecule has 1 aromatic rings. The van der Waals surface area contributed by atoms with Crippen molar-refractivity contribution in [2.45, 2.75) is 12.8 Å². The molecule has 4 nitrogen and oxygen atoms in total. The Bertz CT molecular complexity index is 496. The molecule has 20 heavy (non-hydrogen) atoms. The number of nitrogens with zero attached hydrogens (tertiary/aromatic N) is 1. The topological polar surface area (TPSA) is 49.8 Å². The molecule has 1 aliphatic heterocycles. The Morgan fingerprint density at radius 2 is 2.15 bits per heavy atom. The fourth-order valence-electron chi connectivity index (χ4n) is 2.23. The molecule has 5 heteroatoms. The molecule has 1 fully saturated rings.